The summed E-state index contributed by atoms with van der Waals surface area (Å²) in [6, 6.07) is -0.325. The van der Waals surface area contributed by atoms with E-state index in [9.17, 15) is 0 Å². The van der Waals surface area contributed by atoms with Crippen molar-refractivity contribution in [2.75, 3.05) is 6.61 Å². The van der Waals surface area contributed by atoms with Crippen LogP contribution in [0.3, 0.4) is 0 Å². The van der Waals surface area contributed by atoms with Gasteiger partial charge in [0.1, 0.15) is 0 Å². The third-order valence-electron chi connectivity index (χ3n) is 1.61. The van der Waals surface area contributed by atoms with Crippen LogP contribution in [0.1, 0.15) is 36.5 Å². The number of hydrogen-bond donors (Lipinski definition) is 2. The van der Waals surface area contributed by atoms with Gasteiger partial charge in [-0.1, -0.05) is 13.8 Å². The molecule has 0 saturated heterocycles. The van der Waals surface area contributed by atoms with E-state index in [0.29, 0.717) is 5.92 Å². The number of nitrogens with zero attached hydrogens (tertiary/aromatic N) is 1. The number of halogens is 2. The largest absolute Gasteiger partial charge is 0.394 e. The summed E-state index contributed by atoms with van der Waals surface area (Å²) in [4.78, 5) is 4.31. The van der Waals surface area contributed by atoms with Gasteiger partial charge in [-0.2, -0.15) is 0 Å². The van der Waals surface area contributed by atoms with Crippen molar-refractivity contribution < 1.29 is 5.11 Å². The number of aromatic nitrogens is 1. The van der Waals surface area contributed by atoms with E-state index in [1.54, 1.807) is 11.3 Å². The Kier molecular flexibility index (Phi) is 8.78. The molecular weight excluding hydrogens is 243 g/mol. The molecule has 0 spiro atoms. The molecule has 0 aliphatic heterocycles. The number of rotatable bonds is 3. The maximum Gasteiger partial charge on any atom is 0.0954 e. The number of aliphatic hydroxyl groups excluding tert-OH is 1. The van der Waals surface area contributed by atoms with Gasteiger partial charge >= 0.3 is 0 Å². The van der Waals surface area contributed by atoms with Crippen molar-refractivity contribution in [2.24, 2.45) is 5.73 Å². The summed E-state index contributed by atoms with van der Waals surface area (Å²) in [6.45, 7) is 4.14. The average molecular weight is 259 g/mol. The van der Waals surface area contributed by atoms with Crippen LogP contribution in [-0.2, 0) is 0 Å². The first-order valence-electron chi connectivity index (χ1n) is 3.97. The van der Waals surface area contributed by atoms with Gasteiger partial charge in [-0.15, -0.1) is 36.2 Å². The molecule has 14 heavy (non-hydrogen) atoms. The molecule has 0 radical (unpaired) electrons. The Balaban J connectivity index is 0. The SMILES string of the molecule is CC(C)c1nc(C(N)CO)cs1.Cl.Cl. The van der Waals surface area contributed by atoms with Crippen LogP contribution >= 0.6 is 36.2 Å². The van der Waals surface area contributed by atoms with Gasteiger partial charge in [-0.3, -0.25) is 0 Å². The first-order chi connectivity index (χ1) is 5.65. The molecule has 3 nitrogen and oxygen atoms in total. The number of hydrogen-bond acceptors (Lipinski definition) is 4. The molecule has 0 amide bonds. The highest BCUT2D eigenvalue weighted by Gasteiger charge is 2.10. The fraction of sp³-hybridized carbons (Fsp3) is 0.625. The van der Waals surface area contributed by atoms with Crippen LogP contribution in [0.15, 0.2) is 5.38 Å². The van der Waals surface area contributed by atoms with Crippen LogP contribution in [-0.4, -0.2) is 16.7 Å². The molecule has 1 unspecified atom stereocenters. The predicted octanol–water partition coefficient (Wildman–Crippen LogP) is 2.10. The molecule has 0 aliphatic carbocycles. The maximum absolute atomic E-state index is 8.78. The van der Waals surface area contributed by atoms with Crippen molar-refractivity contribution in [2.45, 2.75) is 25.8 Å². The second kappa shape index (κ2) is 7.43. The summed E-state index contributed by atoms with van der Waals surface area (Å²) in [7, 11) is 0. The minimum Gasteiger partial charge on any atom is -0.394 e. The van der Waals surface area contributed by atoms with E-state index in [-0.39, 0.29) is 37.5 Å². The molecule has 84 valence electrons. The minimum absolute atomic E-state index is 0. The maximum atomic E-state index is 8.78. The molecule has 3 N–H and O–H groups in total. The number of thiazole rings is 1. The summed E-state index contributed by atoms with van der Waals surface area (Å²) in [5.41, 5.74) is 6.40. The molecule has 0 fully saturated rings. The first-order valence-corrected chi connectivity index (χ1v) is 4.85. The predicted molar refractivity (Wildman–Crippen MR) is 64.7 cm³/mol. The molecule has 0 bridgehead atoms. The fourth-order valence-electron chi connectivity index (χ4n) is 0.830. The van der Waals surface area contributed by atoms with Gasteiger partial charge in [-0.25, -0.2) is 4.98 Å². The quantitative estimate of drug-likeness (QED) is 0.873. The Morgan fingerprint density at radius 3 is 2.43 bits per heavy atom. The van der Waals surface area contributed by atoms with E-state index in [1.807, 2.05) is 5.38 Å². The summed E-state index contributed by atoms with van der Waals surface area (Å²) >= 11 is 1.60. The zero-order chi connectivity index (χ0) is 9.14. The lowest BCUT2D eigenvalue weighted by Gasteiger charge is -2.02. The van der Waals surface area contributed by atoms with Crippen LogP contribution < -0.4 is 5.73 Å². The summed E-state index contributed by atoms with van der Waals surface area (Å²) in [6.07, 6.45) is 0. The molecule has 1 aromatic rings. The van der Waals surface area contributed by atoms with E-state index in [1.165, 1.54) is 0 Å². The Labute approximate surface area is 101 Å². The Morgan fingerprint density at radius 2 is 2.07 bits per heavy atom. The monoisotopic (exact) mass is 258 g/mol. The topological polar surface area (TPSA) is 59.1 Å². The van der Waals surface area contributed by atoms with Crippen molar-refractivity contribution in [3.63, 3.8) is 0 Å². The van der Waals surface area contributed by atoms with Crippen LogP contribution in [0.25, 0.3) is 0 Å². The van der Waals surface area contributed by atoms with Gasteiger partial charge in [0, 0.05) is 11.3 Å². The number of nitrogens with two attached hydrogens (primary N) is 1. The highest BCUT2D eigenvalue weighted by atomic mass is 35.5. The number of aliphatic hydroxyl groups is 1. The van der Waals surface area contributed by atoms with E-state index >= 15 is 0 Å². The van der Waals surface area contributed by atoms with Gasteiger partial charge in [0.05, 0.1) is 23.4 Å². The lowest BCUT2D eigenvalue weighted by molar-refractivity contribution is 0.266. The second-order valence-corrected chi connectivity index (χ2v) is 3.94. The van der Waals surface area contributed by atoms with E-state index in [0.717, 1.165) is 10.7 Å². The van der Waals surface area contributed by atoms with E-state index in [2.05, 4.69) is 18.8 Å². The highest BCUT2D eigenvalue weighted by molar-refractivity contribution is 7.09. The molecule has 0 saturated carbocycles. The van der Waals surface area contributed by atoms with Crippen LogP contribution in [0.2, 0.25) is 0 Å². The smallest absolute Gasteiger partial charge is 0.0954 e. The highest BCUT2D eigenvalue weighted by Crippen LogP contribution is 2.21. The molecule has 0 aliphatic rings. The Bertz CT molecular complexity index is 255. The van der Waals surface area contributed by atoms with E-state index < -0.39 is 0 Å². The molecular formula is C8H16Cl2N2OS. The van der Waals surface area contributed by atoms with Gasteiger partial charge < -0.3 is 10.8 Å². The Morgan fingerprint density at radius 1 is 1.50 bits per heavy atom. The van der Waals surface area contributed by atoms with Crippen LogP contribution in [0.5, 0.6) is 0 Å². The zero-order valence-corrected chi connectivity index (χ0v) is 10.6. The molecule has 1 aromatic heterocycles. The molecule has 1 heterocycles. The fourth-order valence-corrected chi connectivity index (χ4v) is 1.73. The molecule has 0 aromatic carbocycles. The van der Waals surface area contributed by atoms with Crippen molar-refractivity contribution in [1.29, 1.82) is 0 Å². The van der Waals surface area contributed by atoms with E-state index in [4.69, 9.17) is 10.8 Å². The normalized spacial score (nSPS) is 11.8. The van der Waals surface area contributed by atoms with Crippen LogP contribution in [0.4, 0.5) is 0 Å². The molecule has 1 rings (SSSR count). The van der Waals surface area contributed by atoms with Gasteiger partial charge in [0.2, 0.25) is 0 Å². The third-order valence-corrected chi connectivity index (χ3v) is 2.77. The van der Waals surface area contributed by atoms with Crippen molar-refractivity contribution in [3.05, 3.63) is 16.1 Å². The minimum atomic E-state index is -0.325. The summed E-state index contributed by atoms with van der Waals surface area (Å²) in [5.74, 6) is 0.439. The Hall–Kier alpha value is 0.130. The summed E-state index contributed by atoms with van der Waals surface area (Å²) < 4.78 is 0. The average Bonchev–Trinajstić information content (AvgIpc) is 2.51. The van der Waals surface area contributed by atoms with Gasteiger partial charge in [0.25, 0.3) is 0 Å². The molecule has 6 heteroatoms. The standard InChI is InChI=1S/C8H14N2OS.2ClH/c1-5(2)8-10-7(4-12-8)6(9)3-11;;/h4-6,11H,3,9H2,1-2H3;2*1H. The van der Waals surface area contributed by atoms with Crippen molar-refractivity contribution in [1.82, 2.24) is 4.98 Å². The van der Waals surface area contributed by atoms with Crippen molar-refractivity contribution >= 4 is 36.2 Å². The summed E-state index contributed by atoms with van der Waals surface area (Å²) in [5, 5.41) is 11.8. The zero-order valence-electron chi connectivity index (χ0n) is 8.14. The lowest BCUT2D eigenvalue weighted by atomic mass is 10.2. The van der Waals surface area contributed by atoms with Crippen LogP contribution in [0, 0.1) is 0 Å². The lowest BCUT2D eigenvalue weighted by Crippen LogP contribution is -2.14. The molecule has 1 atom stereocenters. The van der Waals surface area contributed by atoms with Crippen molar-refractivity contribution in [3.8, 4) is 0 Å². The van der Waals surface area contributed by atoms with Gasteiger partial charge in [-0.05, 0) is 0 Å². The second-order valence-electron chi connectivity index (χ2n) is 3.05. The van der Waals surface area contributed by atoms with Gasteiger partial charge in [0.15, 0.2) is 0 Å². The third kappa shape index (κ3) is 4.11. The first kappa shape index (κ1) is 16.6.